The second-order valence-electron chi connectivity index (χ2n) is 6.60. The largest absolute Gasteiger partial charge is 0.381 e. The highest BCUT2D eigenvalue weighted by Gasteiger charge is 2.38. The van der Waals surface area contributed by atoms with E-state index in [1.165, 1.54) is 0 Å². The highest BCUT2D eigenvalue weighted by atomic mass is 16.5. The normalized spacial score (nSPS) is 20.2. The summed E-state index contributed by atoms with van der Waals surface area (Å²) < 4.78 is 5.35. The van der Waals surface area contributed by atoms with Crippen molar-refractivity contribution in [3.05, 3.63) is 29.8 Å². The summed E-state index contributed by atoms with van der Waals surface area (Å²) in [7, 11) is 0. The number of hydrogen-bond acceptors (Lipinski definition) is 4. The number of carbonyl (C=O) groups is 2. The molecule has 0 aromatic heterocycles. The minimum Gasteiger partial charge on any atom is -0.381 e. The Morgan fingerprint density at radius 1 is 1.33 bits per heavy atom. The molecule has 0 spiro atoms. The lowest BCUT2D eigenvalue weighted by atomic mass is 9.79. The summed E-state index contributed by atoms with van der Waals surface area (Å²) in [5.41, 5.74) is 7.25. The Hall–Kier alpha value is -1.92. The second-order valence-corrected chi connectivity index (χ2v) is 6.60. The Kier molecular flexibility index (Phi) is 5.16. The molecule has 0 radical (unpaired) electrons. The summed E-state index contributed by atoms with van der Waals surface area (Å²) in [6.07, 6.45) is 2.85. The Morgan fingerprint density at radius 3 is 2.79 bits per heavy atom. The lowest BCUT2D eigenvalue weighted by Crippen LogP contribution is -2.48. The molecule has 130 valence electrons. The van der Waals surface area contributed by atoms with Crippen LogP contribution in [-0.2, 0) is 20.9 Å². The predicted molar refractivity (Wildman–Crippen MR) is 91.4 cm³/mol. The van der Waals surface area contributed by atoms with Crippen molar-refractivity contribution in [1.82, 2.24) is 5.32 Å². The molecule has 0 aliphatic carbocycles. The maximum absolute atomic E-state index is 12.6. The quantitative estimate of drug-likeness (QED) is 0.849. The zero-order valence-electron chi connectivity index (χ0n) is 13.9. The lowest BCUT2D eigenvalue weighted by molar-refractivity contribution is -0.136. The maximum Gasteiger partial charge on any atom is 0.227 e. The summed E-state index contributed by atoms with van der Waals surface area (Å²) >= 11 is 0. The molecule has 2 aliphatic heterocycles. The van der Waals surface area contributed by atoms with Crippen molar-refractivity contribution >= 4 is 17.5 Å². The zero-order chi connectivity index (χ0) is 17.0. The first-order chi connectivity index (χ1) is 11.6. The summed E-state index contributed by atoms with van der Waals surface area (Å²) in [5, 5.41) is 3.01. The van der Waals surface area contributed by atoms with E-state index < -0.39 is 5.41 Å². The smallest absolute Gasteiger partial charge is 0.227 e. The van der Waals surface area contributed by atoms with Crippen LogP contribution in [0.4, 0.5) is 5.69 Å². The van der Waals surface area contributed by atoms with Crippen LogP contribution >= 0.6 is 0 Å². The number of nitrogens with zero attached hydrogens (tertiary/aromatic N) is 1. The third-order valence-corrected chi connectivity index (χ3v) is 5.07. The molecule has 1 aromatic rings. The minimum atomic E-state index is -0.513. The number of hydrogen-bond donors (Lipinski definition) is 2. The molecule has 3 rings (SSSR count). The molecule has 1 aromatic carbocycles. The Balaban J connectivity index is 1.64. The molecule has 2 heterocycles. The number of ether oxygens (including phenoxy) is 1. The fourth-order valence-corrected chi connectivity index (χ4v) is 3.41. The first kappa shape index (κ1) is 16.9. The van der Waals surface area contributed by atoms with Crippen molar-refractivity contribution in [2.75, 3.05) is 31.2 Å². The molecule has 2 saturated heterocycles. The van der Waals surface area contributed by atoms with Gasteiger partial charge < -0.3 is 20.7 Å². The minimum absolute atomic E-state index is 0.00375. The average molecular weight is 331 g/mol. The third kappa shape index (κ3) is 3.44. The number of anilines is 1. The van der Waals surface area contributed by atoms with E-state index in [2.05, 4.69) is 5.32 Å². The fourth-order valence-electron chi connectivity index (χ4n) is 3.41. The van der Waals surface area contributed by atoms with Gasteiger partial charge in [-0.3, -0.25) is 9.59 Å². The molecular formula is C18H25N3O3. The van der Waals surface area contributed by atoms with Crippen molar-refractivity contribution in [2.45, 2.75) is 32.2 Å². The predicted octanol–water partition coefficient (Wildman–Crippen LogP) is 1.19. The van der Waals surface area contributed by atoms with Crippen LogP contribution in [0.1, 0.15) is 31.2 Å². The molecule has 0 atom stereocenters. The molecule has 6 nitrogen and oxygen atoms in total. The van der Waals surface area contributed by atoms with Gasteiger partial charge in [0.05, 0.1) is 5.41 Å². The topological polar surface area (TPSA) is 84.7 Å². The number of carbonyl (C=O) groups excluding carboxylic acids is 2. The van der Waals surface area contributed by atoms with E-state index in [4.69, 9.17) is 10.5 Å². The fraction of sp³-hybridized carbons (Fsp3) is 0.556. The highest BCUT2D eigenvalue weighted by Crippen LogP contribution is 2.29. The van der Waals surface area contributed by atoms with Gasteiger partial charge in [-0.2, -0.15) is 0 Å². The molecule has 2 fully saturated rings. The number of nitrogens with one attached hydrogen (secondary N) is 1. The number of amides is 2. The third-order valence-electron chi connectivity index (χ3n) is 5.07. The van der Waals surface area contributed by atoms with E-state index >= 15 is 0 Å². The number of benzene rings is 1. The van der Waals surface area contributed by atoms with Crippen LogP contribution in [0.5, 0.6) is 0 Å². The van der Waals surface area contributed by atoms with Gasteiger partial charge >= 0.3 is 0 Å². The standard InChI is InChI=1S/C18H25N3O3/c19-13-18(6-9-24-10-7-18)17(23)20-12-14-3-1-4-15(11-14)21-8-2-5-16(21)22/h1,3-4,11H,2,5-10,12-13,19H2,(H,20,23). The second kappa shape index (κ2) is 7.32. The van der Waals surface area contributed by atoms with E-state index in [0.717, 1.165) is 24.2 Å². The zero-order valence-corrected chi connectivity index (χ0v) is 13.9. The van der Waals surface area contributed by atoms with Crippen molar-refractivity contribution in [1.29, 1.82) is 0 Å². The molecule has 0 unspecified atom stereocenters. The molecule has 24 heavy (non-hydrogen) atoms. The van der Waals surface area contributed by atoms with Crippen molar-refractivity contribution < 1.29 is 14.3 Å². The SMILES string of the molecule is NCC1(C(=O)NCc2cccc(N3CCCC3=O)c2)CCOCC1. The average Bonchev–Trinajstić information content (AvgIpc) is 3.06. The number of nitrogens with two attached hydrogens (primary N) is 1. The molecular weight excluding hydrogens is 306 g/mol. The van der Waals surface area contributed by atoms with Crippen molar-refractivity contribution in [3.8, 4) is 0 Å². The summed E-state index contributed by atoms with van der Waals surface area (Å²) in [6, 6.07) is 7.80. The van der Waals surface area contributed by atoms with E-state index in [-0.39, 0.29) is 11.8 Å². The first-order valence-corrected chi connectivity index (χ1v) is 8.60. The van der Waals surface area contributed by atoms with E-state index in [0.29, 0.717) is 45.6 Å². The Labute approximate surface area is 142 Å². The summed E-state index contributed by atoms with van der Waals surface area (Å²) in [5.74, 6) is 0.163. The van der Waals surface area contributed by atoms with Crippen LogP contribution in [0.2, 0.25) is 0 Å². The van der Waals surface area contributed by atoms with E-state index in [1.54, 1.807) is 0 Å². The molecule has 0 bridgehead atoms. The monoisotopic (exact) mass is 331 g/mol. The van der Waals surface area contributed by atoms with Gasteiger partial charge in [0.1, 0.15) is 0 Å². The van der Waals surface area contributed by atoms with Crippen LogP contribution in [0.3, 0.4) is 0 Å². The van der Waals surface area contributed by atoms with Gasteiger partial charge in [-0.25, -0.2) is 0 Å². The Bertz CT molecular complexity index is 611. The lowest BCUT2D eigenvalue weighted by Gasteiger charge is -2.34. The Morgan fingerprint density at radius 2 is 2.12 bits per heavy atom. The summed E-state index contributed by atoms with van der Waals surface area (Å²) in [4.78, 5) is 26.3. The van der Waals surface area contributed by atoms with Gasteiger partial charge in [-0.1, -0.05) is 12.1 Å². The van der Waals surface area contributed by atoms with Gasteiger partial charge in [0.2, 0.25) is 11.8 Å². The molecule has 3 N–H and O–H groups in total. The van der Waals surface area contributed by atoms with Gasteiger partial charge in [-0.05, 0) is 37.0 Å². The van der Waals surface area contributed by atoms with E-state index in [9.17, 15) is 9.59 Å². The van der Waals surface area contributed by atoms with Gasteiger partial charge in [-0.15, -0.1) is 0 Å². The first-order valence-electron chi connectivity index (χ1n) is 8.60. The van der Waals surface area contributed by atoms with Crippen molar-refractivity contribution in [3.63, 3.8) is 0 Å². The number of rotatable bonds is 5. The van der Waals surface area contributed by atoms with Crippen LogP contribution in [0.25, 0.3) is 0 Å². The molecule has 2 aliphatic rings. The van der Waals surface area contributed by atoms with Crippen LogP contribution < -0.4 is 16.0 Å². The molecule has 0 saturated carbocycles. The highest BCUT2D eigenvalue weighted by molar-refractivity contribution is 5.95. The van der Waals surface area contributed by atoms with Crippen molar-refractivity contribution in [2.24, 2.45) is 11.1 Å². The van der Waals surface area contributed by atoms with Gasteiger partial charge in [0.25, 0.3) is 0 Å². The molecule has 6 heteroatoms. The van der Waals surface area contributed by atoms with Gasteiger partial charge in [0, 0.05) is 45.0 Å². The van der Waals surface area contributed by atoms with Crippen LogP contribution in [0, 0.1) is 5.41 Å². The van der Waals surface area contributed by atoms with Crippen LogP contribution in [0.15, 0.2) is 24.3 Å². The van der Waals surface area contributed by atoms with Crippen LogP contribution in [-0.4, -0.2) is 38.1 Å². The van der Waals surface area contributed by atoms with E-state index in [1.807, 2.05) is 29.2 Å². The molecule has 2 amide bonds. The van der Waals surface area contributed by atoms with Gasteiger partial charge in [0.15, 0.2) is 0 Å². The maximum atomic E-state index is 12.6. The summed E-state index contributed by atoms with van der Waals surface area (Å²) in [6.45, 7) is 2.71.